The lowest BCUT2D eigenvalue weighted by molar-refractivity contribution is -0.154. The van der Waals surface area contributed by atoms with Gasteiger partial charge in [0.25, 0.3) is 0 Å². The lowest BCUT2D eigenvalue weighted by Crippen LogP contribution is -2.71. The molecule has 3 fully saturated rings. The number of benzene rings is 1. The molecule has 0 radical (unpaired) electrons. The molecule has 1 aromatic rings. The zero-order valence-corrected chi connectivity index (χ0v) is 21.8. The highest BCUT2D eigenvalue weighted by atomic mass is 32.2. The Bertz CT molecular complexity index is 1240. The average Bonchev–Trinajstić information content (AvgIpc) is 3.31. The second-order valence-electron chi connectivity index (χ2n) is 9.42. The van der Waals surface area contributed by atoms with Gasteiger partial charge in [-0.1, -0.05) is 30.3 Å². The topological polar surface area (TPSA) is 153 Å². The summed E-state index contributed by atoms with van der Waals surface area (Å²) in [5, 5.41) is 4.75. The standard InChI is InChI=1S/C22H27N5O7S2/c1-12(28)16-22(2,3)35-19-15(18(30)27(16)19)23-17(29)14(13-8-6-5-7-9-13)24-20(31)25-10-11-26(21(25)32)36(4,33)34/h5-9,14-16,19H,10-11H2,1-4H3,(H,23,29)(H,24,31)/t14?,15-,16+,19-/m1/s1. The van der Waals surface area contributed by atoms with Crippen LogP contribution in [0.2, 0.25) is 0 Å². The van der Waals surface area contributed by atoms with Crippen molar-refractivity contribution in [1.82, 2.24) is 24.7 Å². The highest BCUT2D eigenvalue weighted by molar-refractivity contribution is 8.01. The van der Waals surface area contributed by atoms with Crippen molar-refractivity contribution in [3.8, 4) is 0 Å². The Morgan fingerprint density at radius 1 is 1.11 bits per heavy atom. The maximum atomic E-state index is 13.3. The van der Waals surface area contributed by atoms with Crippen molar-refractivity contribution in [3.05, 3.63) is 35.9 Å². The maximum Gasteiger partial charge on any atom is 0.341 e. The Hall–Kier alpha value is -3.13. The number of β-lactam (4-membered cyclic amide) rings is 1. The van der Waals surface area contributed by atoms with E-state index >= 15 is 0 Å². The lowest BCUT2D eigenvalue weighted by atomic mass is 9.93. The zero-order chi connectivity index (χ0) is 26.6. The normalized spacial score (nSPS) is 25.8. The molecule has 3 saturated heterocycles. The minimum absolute atomic E-state index is 0.138. The first-order valence-corrected chi connectivity index (χ1v) is 13.9. The Kier molecular flexibility index (Phi) is 6.54. The Morgan fingerprint density at radius 2 is 1.75 bits per heavy atom. The number of Topliss-reactive ketones (excluding diaryl/α,β-unsaturated/α-hetero) is 1. The molecule has 14 heteroatoms. The monoisotopic (exact) mass is 537 g/mol. The molecule has 3 aliphatic heterocycles. The number of carbonyl (C=O) groups is 5. The summed E-state index contributed by atoms with van der Waals surface area (Å²) in [6, 6.07) is 3.57. The highest BCUT2D eigenvalue weighted by Gasteiger charge is 2.63. The van der Waals surface area contributed by atoms with E-state index in [2.05, 4.69) is 10.6 Å². The van der Waals surface area contributed by atoms with Gasteiger partial charge in [-0.25, -0.2) is 27.2 Å². The van der Waals surface area contributed by atoms with E-state index in [9.17, 15) is 32.4 Å². The highest BCUT2D eigenvalue weighted by Crippen LogP contribution is 2.51. The number of ketones is 1. The summed E-state index contributed by atoms with van der Waals surface area (Å²) in [7, 11) is -3.85. The zero-order valence-electron chi connectivity index (χ0n) is 20.1. The van der Waals surface area contributed by atoms with E-state index < -0.39 is 56.2 Å². The minimum Gasteiger partial charge on any atom is -0.340 e. The molecule has 1 aromatic carbocycles. The van der Waals surface area contributed by atoms with Gasteiger partial charge in [-0.15, -0.1) is 11.8 Å². The van der Waals surface area contributed by atoms with Crippen molar-refractivity contribution in [2.45, 2.75) is 49.0 Å². The number of amides is 6. The molecule has 1 unspecified atom stereocenters. The molecular weight excluding hydrogens is 510 g/mol. The number of urea groups is 2. The van der Waals surface area contributed by atoms with Crippen LogP contribution in [0, 0.1) is 0 Å². The summed E-state index contributed by atoms with van der Waals surface area (Å²) in [5.74, 6) is -1.20. The Labute approximate surface area is 212 Å². The molecule has 0 spiro atoms. The number of sulfonamides is 1. The van der Waals surface area contributed by atoms with Crippen LogP contribution in [0.25, 0.3) is 0 Å². The largest absolute Gasteiger partial charge is 0.341 e. The van der Waals surface area contributed by atoms with Gasteiger partial charge < -0.3 is 15.5 Å². The molecule has 194 valence electrons. The van der Waals surface area contributed by atoms with Gasteiger partial charge in [-0.3, -0.25) is 14.4 Å². The molecule has 2 N–H and O–H groups in total. The van der Waals surface area contributed by atoms with E-state index in [4.69, 9.17) is 0 Å². The van der Waals surface area contributed by atoms with E-state index in [1.54, 1.807) is 30.3 Å². The van der Waals surface area contributed by atoms with Gasteiger partial charge in [0.1, 0.15) is 23.5 Å². The van der Waals surface area contributed by atoms with Crippen LogP contribution in [0.4, 0.5) is 9.59 Å². The molecule has 3 heterocycles. The average molecular weight is 538 g/mol. The minimum atomic E-state index is -3.85. The van der Waals surface area contributed by atoms with E-state index in [0.29, 0.717) is 14.8 Å². The Morgan fingerprint density at radius 3 is 2.31 bits per heavy atom. The fourth-order valence-corrected chi connectivity index (χ4v) is 7.30. The third-order valence-electron chi connectivity index (χ3n) is 6.40. The summed E-state index contributed by atoms with van der Waals surface area (Å²) < 4.78 is 23.6. The summed E-state index contributed by atoms with van der Waals surface area (Å²) in [6.07, 6.45) is 0.865. The van der Waals surface area contributed by atoms with Gasteiger partial charge in [0.15, 0.2) is 5.78 Å². The van der Waals surface area contributed by atoms with Crippen LogP contribution in [-0.2, 0) is 24.4 Å². The van der Waals surface area contributed by atoms with Crippen LogP contribution >= 0.6 is 11.8 Å². The molecule has 0 aliphatic carbocycles. The van der Waals surface area contributed by atoms with Gasteiger partial charge >= 0.3 is 12.1 Å². The van der Waals surface area contributed by atoms with Crippen LogP contribution < -0.4 is 10.6 Å². The van der Waals surface area contributed by atoms with Crippen molar-refractivity contribution in [2.24, 2.45) is 0 Å². The molecule has 36 heavy (non-hydrogen) atoms. The SMILES string of the molecule is CC(=O)[C@@H]1N2C(=O)[C@@H](NC(=O)C(NC(=O)N3CCN(S(C)(=O)=O)C3=O)c3ccccc3)[C@H]2SC1(C)C. The van der Waals surface area contributed by atoms with Crippen molar-refractivity contribution in [1.29, 1.82) is 0 Å². The number of nitrogens with zero attached hydrogens (tertiary/aromatic N) is 3. The first-order valence-electron chi connectivity index (χ1n) is 11.2. The van der Waals surface area contributed by atoms with Crippen molar-refractivity contribution in [3.63, 3.8) is 0 Å². The third-order valence-corrected chi connectivity index (χ3v) is 9.11. The number of carbonyl (C=O) groups excluding carboxylic acids is 5. The summed E-state index contributed by atoms with van der Waals surface area (Å²) in [4.78, 5) is 66.0. The van der Waals surface area contributed by atoms with Gasteiger partial charge in [0, 0.05) is 4.75 Å². The second kappa shape index (κ2) is 9.07. The molecule has 0 saturated carbocycles. The predicted octanol–water partition coefficient (Wildman–Crippen LogP) is 0.271. The molecule has 4 rings (SSSR count). The number of nitrogens with one attached hydrogen (secondary N) is 2. The maximum absolute atomic E-state index is 13.3. The van der Waals surface area contributed by atoms with Crippen LogP contribution in [0.3, 0.4) is 0 Å². The third kappa shape index (κ3) is 4.43. The van der Waals surface area contributed by atoms with E-state index in [1.165, 1.54) is 23.6 Å². The number of rotatable bonds is 6. The van der Waals surface area contributed by atoms with Crippen molar-refractivity contribution >= 4 is 51.4 Å². The first kappa shape index (κ1) is 25.9. The summed E-state index contributed by atoms with van der Waals surface area (Å²) in [6.45, 7) is 4.81. The second-order valence-corrected chi connectivity index (χ2v) is 13.1. The fourth-order valence-electron chi connectivity index (χ4n) is 4.81. The number of imide groups is 1. The predicted molar refractivity (Wildman–Crippen MR) is 130 cm³/mol. The smallest absolute Gasteiger partial charge is 0.340 e. The molecule has 4 atom stereocenters. The van der Waals surface area contributed by atoms with Gasteiger partial charge in [0.05, 0.1) is 19.3 Å². The number of hydrogen-bond donors (Lipinski definition) is 2. The number of hydrogen-bond acceptors (Lipinski definition) is 8. The first-order chi connectivity index (χ1) is 16.7. The molecule has 6 amide bonds. The molecule has 12 nitrogen and oxygen atoms in total. The van der Waals surface area contributed by atoms with Gasteiger partial charge in [-0.05, 0) is 26.3 Å². The summed E-state index contributed by atoms with van der Waals surface area (Å²) in [5.41, 5.74) is 0.402. The van der Waals surface area contributed by atoms with Gasteiger partial charge in [-0.2, -0.15) is 0 Å². The van der Waals surface area contributed by atoms with Crippen LogP contribution in [0.1, 0.15) is 32.4 Å². The quantitative estimate of drug-likeness (QED) is 0.491. The van der Waals surface area contributed by atoms with E-state index in [0.717, 1.165) is 6.26 Å². The summed E-state index contributed by atoms with van der Waals surface area (Å²) >= 11 is 1.42. The van der Waals surface area contributed by atoms with E-state index in [1.807, 2.05) is 13.8 Å². The van der Waals surface area contributed by atoms with E-state index in [-0.39, 0.29) is 24.8 Å². The van der Waals surface area contributed by atoms with Gasteiger partial charge in [0.2, 0.25) is 21.8 Å². The molecule has 0 aromatic heterocycles. The molecule has 0 bridgehead atoms. The van der Waals surface area contributed by atoms with Crippen LogP contribution in [0.5, 0.6) is 0 Å². The lowest BCUT2D eigenvalue weighted by Gasteiger charge is -2.44. The van der Waals surface area contributed by atoms with Crippen LogP contribution in [0.15, 0.2) is 30.3 Å². The van der Waals surface area contributed by atoms with Crippen molar-refractivity contribution < 1.29 is 32.4 Å². The van der Waals surface area contributed by atoms with Crippen LogP contribution in [-0.4, -0.2) is 93.7 Å². The number of thioether (sulfide) groups is 1. The van der Waals surface area contributed by atoms with Crippen molar-refractivity contribution in [2.75, 3.05) is 19.3 Å². The molecular formula is C22H27N5O7S2. The Balaban J connectivity index is 1.51. The fraction of sp³-hybridized carbons (Fsp3) is 0.500. The number of fused-ring (bicyclic) bond motifs is 1. The molecule has 3 aliphatic rings.